The van der Waals surface area contributed by atoms with Crippen molar-refractivity contribution >= 4 is 19.7 Å². The normalized spacial score (nSPS) is 17.0. The molecule has 0 spiro atoms. The Kier molecular flexibility index (Phi) is 3.97. The van der Waals surface area contributed by atoms with Crippen LogP contribution in [0, 0.1) is 0 Å². The van der Waals surface area contributed by atoms with Crippen LogP contribution >= 0.6 is 10.7 Å². The molecule has 112 valence electrons. The van der Waals surface area contributed by atoms with Gasteiger partial charge < -0.3 is 4.74 Å². The van der Waals surface area contributed by atoms with Gasteiger partial charge in [0.05, 0.1) is 0 Å². The van der Waals surface area contributed by atoms with E-state index >= 15 is 0 Å². The van der Waals surface area contributed by atoms with E-state index in [1.54, 1.807) is 12.1 Å². The number of ether oxygens (including phenoxy) is 1. The Morgan fingerprint density at radius 1 is 1.14 bits per heavy atom. The van der Waals surface area contributed by atoms with Gasteiger partial charge in [-0.15, -0.1) is 10.2 Å². The third kappa shape index (κ3) is 2.95. The molecule has 6 nitrogen and oxygen atoms in total. The predicted octanol–water partition coefficient (Wildman–Crippen LogP) is 2.09. The number of hydrogen-bond acceptors (Lipinski definition) is 5. The highest BCUT2D eigenvalue weighted by atomic mass is 35.7. The SMILES string of the molecule is O=S(=O)(Cl)c1nnc(C2CCOCC2)n1-c1ccccc1. The van der Waals surface area contributed by atoms with Gasteiger partial charge in [-0.2, -0.15) is 0 Å². The maximum absolute atomic E-state index is 11.7. The molecule has 0 unspecified atom stereocenters. The lowest BCUT2D eigenvalue weighted by molar-refractivity contribution is 0.0831. The molecule has 0 aliphatic carbocycles. The summed E-state index contributed by atoms with van der Waals surface area (Å²) >= 11 is 0. The molecular formula is C13H14ClN3O3S. The van der Waals surface area contributed by atoms with Gasteiger partial charge in [-0.3, -0.25) is 4.57 Å². The van der Waals surface area contributed by atoms with E-state index in [2.05, 4.69) is 10.2 Å². The highest BCUT2D eigenvalue weighted by Crippen LogP contribution is 2.30. The summed E-state index contributed by atoms with van der Waals surface area (Å²) in [6.07, 6.45) is 1.57. The molecule has 3 rings (SSSR count). The lowest BCUT2D eigenvalue weighted by Gasteiger charge is -2.22. The lowest BCUT2D eigenvalue weighted by atomic mass is 9.99. The minimum Gasteiger partial charge on any atom is -0.381 e. The summed E-state index contributed by atoms with van der Waals surface area (Å²) in [5.74, 6) is 0.724. The van der Waals surface area contributed by atoms with Gasteiger partial charge in [0.1, 0.15) is 5.82 Å². The van der Waals surface area contributed by atoms with Gasteiger partial charge in [0, 0.05) is 35.5 Å². The van der Waals surface area contributed by atoms with Crippen LogP contribution in [0.4, 0.5) is 0 Å². The van der Waals surface area contributed by atoms with Crippen LogP contribution in [0.15, 0.2) is 35.5 Å². The van der Waals surface area contributed by atoms with E-state index in [0.29, 0.717) is 24.7 Å². The number of benzene rings is 1. The maximum atomic E-state index is 11.7. The third-order valence-corrected chi connectivity index (χ3v) is 4.59. The first-order chi connectivity index (χ1) is 10.1. The van der Waals surface area contributed by atoms with Crippen molar-refractivity contribution in [2.45, 2.75) is 23.9 Å². The number of para-hydroxylation sites is 1. The molecular weight excluding hydrogens is 314 g/mol. The van der Waals surface area contributed by atoms with Gasteiger partial charge in [0.25, 0.3) is 14.2 Å². The third-order valence-electron chi connectivity index (χ3n) is 3.48. The van der Waals surface area contributed by atoms with Crippen LogP contribution in [0.3, 0.4) is 0 Å². The molecule has 2 aromatic rings. The Hall–Kier alpha value is -1.44. The summed E-state index contributed by atoms with van der Waals surface area (Å²) in [5.41, 5.74) is 0.684. The van der Waals surface area contributed by atoms with Crippen LogP contribution in [-0.4, -0.2) is 36.4 Å². The fraction of sp³-hybridized carbons (Fsp3) is 0.385. The van der Waals surface area contributed by atoms with Gasteiger partial charge in [-0.1, -0.05) is 18.2 Å². The molecule has 8 heteroatoms. The topological polar surface area (TPSA) is 74.1 Å². The molecule has 21 heavy (non-hydrogen) atoms. The zero-order valence-corrected chi connectivity index (χ0v) is 12.7. The number of hydrogen-bond donors (Lipinski definition) is 0. The van der Waals surface area contributed by atoms with E-state index < -0.39 is 9.05 Å². The molecule has 1 aromatic heterocycles. The van der Waals surface area contributed by atoms with Crippen molar-refractivity contribution in [3.05, 3.63) is 36.2 Å². The zero-order valence-electron chi connectivity index (χ0n) is 11.1. The van der Waals surface area contributed by atoms with Crippen molar-refractivity contribution in [3.8, 4) is 5.69 Å². The Morgan fingerprint density at radius 3 is 2.43 bits per heavy atom. The van der Waals surface area contributed by atoms with Crippen LogP contribution in [-0.2, 0) is 13.8 Å². The van der Waals surface area contributed by atoms with Crippen molar-refractivity contribution in [1.29, 1.82) is 0 Å². The minimum absolute atomic E-state index is 0.110. The lowest BCUT2D eigenvalue weighted by Crippen LogP contribution is -2.18. The molecule has 1 aliphatic heterocycles. The Labute approximate surface area is 127 Å². The monoisotopic (exact) mass is 327 g/mol. The molecule has 1 aromatic carbocycles. The molecule has 1 saturated heterocycles. The summed E-state index contributed by atoms with van der Waals surface area (Å²) in [7, 11) is 1.52. The average molecular weight is 328 g/mol. The van der Waals surface area contributed by atoms with E-state index in [-0.39, 0.29) is 11.1 Å². The molecule has 0 saturated carbocycles. The molecule has 0 atom stereocenters. The fourth-order valence-corrected chi connectivity index (χ4v) is 3.33. The molecule has 2 heterocycles. The quantitative estimate of drug-likeness (QED) is 0.807. The molecule has 1 aliphatic rings. The number of halogens is 1. The van der Waals surface area contributed by atoms with Crippen molar-refractivity contribution in [2.75, 3.05) is 13.2 Å². The summed E-state index contributed by atoms with van der Waals surface area (Å²) < 4.78 is 30.3. The fourth-order valence-electron chi connectivity index (χ4n) is 2.48. The second-order valence-corrected chi connectivity index (χ2v) is 7.30. The van der Waals surface area contributed by atoms with Crippen LogP contribution in [0.2, 0.25) is 0 Å². The first kappa shape index (κ1) is 14.5. The average Bonchev–Trinajstić information content (AvgIpc) is 2.94. The van der Waals surface area contributed by atoms with Crippen LogP contribution < -0.4 is 0 Å². The Balaban J connectivity index is 2.15. The molecule has 0 N–H and O–H groups in total. The van der Waals surface area contributed by atoms with E-state index in [1.165, 1.54) is 4.57 Å². The smallest absolute Gasteiger partial charge is 0.297 e. The van der Waals surface area contributed by atoms with Gasteiger partial charge >= 0.3 is 0 Å². The predicted molar refractivity (Wildman–Crippen MR) is 77.2 cm³/mol. The molecule has 0 amide bonds. The molecule has 1 fully saturated rings. The highest BCUT2D eigenvalue weighted by Gasteiger charge is 2.28. The van der Waals surface area contributed by atoms with Crippen molar-refractivity contribution in [3.63, 3.8) is 0 Å². The Bertz CT molecular complexity index is 724. The summed E-state index contributed by atoms with van der Waals surface area (Å²) in [6.45, 7) is 1.27. The second-order valence-electron chi connectivity index (χ2n) is 4.84. The summed E-state index contributed by atoms with van der Waals surface area (Å²) in [4.78, 5) is 0. The van der Waals surface area contributed by atoms with Gasteiger partial charge in [0.2, 0.25) is 0 Å². The molecule has 0 bridgehead atoms. The van der Waals surface area contributed by atoms with E-state index in [0.717, 1.165) is 12.8 Å². The van der Waals surface area contributed by atoms with Crippen molar-refractivity contribution in [1.82, 2.24) is 14.8 Å². The largest absolute Gasteiger partial charge is 0.381 e. The van der Waals surface area contributed by atoms with Crippen molar-refractivity contribution in [2.24, 2.45) is 0 Å². The number of aromatic nitrogens is 3. The van der Waals surface area contributed by atoms with Crippen LogP contribution in [0.25, 0.3) is 5.69 Å². The van der Waals surface area contributed by atoms with Crippen LogP contribution in [0.1, 0.15) is 24.6 Å². The van der Waals surface area contributed by atoms with E-state index in [1.807, 2.05) is 18.2 Å². The zero-order chi connectivity index (χ0) is 14.9. The van der Waals surface area contributed by atoms with Gasteiger partial charge in [0.15, 0.2) is 0 Å². The van der Waals surface area contributed by atoms with Gasteiger partial charge in [-0.25, -0.2) is 8.42 Å². The maximum Gasteiger partial charge on any atom is 0.297 e. The Morgan fingerprint density at radius 2 is 1.81 bits per heavy atom. The minimum atomic E-state index is -3.97. The van der Waals surface area contributed by atoms with Crippen LogP contribution in [0.5, 0.6) is 0 Å². The summed E-state index contributed by atoms with van der Waals surface area (Å²) in [5, 5.41) is 7.63. The second kappa shape index (κ2) is 5.75. The van der Waals surface area contributed by atoms with E-state index in [9.17, 15) is 8.42 Å². The number of rotatable bonds is 3. The number of nitrogens with zero attached hydrogens (tertiary/aromatic N) is 3. The highest BCUT2D eigenvalue weighted by molar-refractivity contribution is 8.13. The summed E-state index contributed by atoms with van der Waals surface area (Å²) in [6, 6.07) is 9.12. The molecule has 0 radical (unpaired) electrons. The van der Waals surface area contributed by atoms with Gasteiger partial charge in [-0.05, 0) is 25.0 Å². The van der Waals surface area contributed by atoms with Crippen molar-refractivity contribution < 1.29 is 13.2 Å². The first-order valence-corrected chi connectivity index (χ1v) is 8.91. The standard InChI is InChI=1S/C13H14ClN3O3S/c14-21(18,19)13-16-15-12(10-6-8-20-9-7-10)17(13)11-4-2-1-3-5-11/h1-5,10H,6-9H2. The van der Waals surface area contributed by atoms with E-state index in [4.69, 9.17) is 15.4 Å². The first-order valence-electron chi connectivity index (χ1n) is 6.60.